The van der Waals surface area contributed by atoms with Crippen LogP contribution in [-0.2, 0) is 0 Å². The number of aliphatic imine (C=N–C) groups is 1. The quantitative estimate of drug-likeness (QED) is 0.202. The van der Waals surface area contributed by atoms with E-state index < -0.39 is 0 Å². The highest BCUT2D eigenvalue weighted by Crippen LogP contribution is 2.44. The van der Waals surface area contributed by atoms with E-state index in [1.165, 1.54) is 36.5 Å². The summed E-state index contributed by atoms with van der Waals surface area (Å²) in [6.45, 7) is 0. The Balaban J connectivity index is 1.24. The van der Waals surface area contributed by atoms with Crippen molar-refractivity contribution < 1.29 is 4.42 Å². The first-order valence-corrected chi connectivity index (χ1v) is 16.9. The molecule has 1 aliphatic heterocycles. The maximum atomic E-state index is 6.57. The van der Waals surface area contributed by atoms with Gasteiger partial charge in [-0.2, -0.15) is 0 Å². The fourth-order valence-corrected chi connectivity index (χ4v) is 8.33. The van der Waals surface area contributed by atoms with Gasteiger partial charge in [0.2, 0.25) is 0 Å². The highest BCUT2D eigenvalue weighted by molar-refractivity contribution is 7.26. The summed E-state index contributed by atoms with van der Waals surface area (Å²) < 4.78 is 9.12. The first kappa shape index (κ1) is 27.3. The van der Waals surface area contributed by atoms with Crippen LogP contribution in [-0.4, -0.2) is 10.8 Å². The van der Waals surface area contributed by atoms with E-state index >= 15 is 0 Å². The standard InChI is InChI=1S/C42H28N4OS/c1-3-10-25(11-4-1)40-44-41(26-12-5-2-6-13-26)46-42(45-40)32-21-29(22-35-38(32)33-24-43-19-18-34(33)47-35)30-16-9-17-36-39(30)31-20-27-14-7-8-15-28(27)23-37(31)48-36/h1-24,40-41,44H,(H,45,46). The zero-order valence-electron chi connectivity index (χ0n) is 25.7. The Labute approximate surface area is 280 Å². The van der Waals surface area contributed by atoms with Gasteiger partial charge in [-0.05, 0) is 69.4 Å². The highest BCUT2D eigenvalue weighted by atomic mass is 32.1. The maximum Gasteiger partial charge on any atom is 0.138 e. The van der Waals surface area contributed by atoms with E-state index in [1.54, 1.807) is 6.20 Å². The third-order valence-corrected chi connectivity index (χ3v) is 10.5. The van der Waals surface area contributed by atoms with Crippen molar-refractivity contribution in [1.29, 1.82) is 0 Å². The predicted molar refractivity (Wildman–Crippen MR) is 199 cm³/mol. The predicted octanol–water partition coefficient (Wildman–Crippen LogP) is 10.5. The fraction of sp³-hybridized carbons (Fsp3) is 0.0476. The van der Waals surface area contributed by atoms with E-state index in [2.05, 4.69) is 131 Å². The molecule has 0 saturated carbocycles. The first-order chi connectivity index (χ1) is 23.8. The Bertz CT molecular complexity index is 2690. The van der Waals surface area contributed by atoms with Crippen molar-refractivity contribution in [2.75, 3.05) is 0 Å². The van der Waals surface area contributed by atoms with Crippen molar-refractivity contribution in [2.24, 2.45) is 4.99 Å². The van der Waals surface area contributed by atoms with Gasteiger partial charge in [-0.15, -0.1) is 11.3 Å². The van der Waals surface area contributed by atoms with Gasteiger partial charge in [0, 0.05) is 48.9 Å². The van der Waals surface area contributed by atoms with Crippen LogP contribution in [0.5, 0.6) is 0 Å². The van der Waals surface area contributed by atoms with Gasteiger partial charge in [0.1, 0.15) is 29.3 Å². The first-order valence-electron chi connectivity index (χ1n) is 16.1. The lowest BCUT2D eigenvalue weighted by Crippen LogP contribution is -2.45. The lowest BCUT2D eigenvalue weighted by Gasteiger charge is -2.32. The topological polar surface area (TPSA) is 62.5 Å². The number of furan rings is 1. The minimum Gasteiger partial charge on any atom is -0.456 e. The molecule has 10 rings (SSSR count). The minimum atomic E-state index is -0.250. The van der Waals surface area contributed by atoms with Crippen LogP contribution < -0.4 is 10.6 Å². The van der Waals surface area contributed by atoms with Gasteiger partial charge in [-0.1, -0.05) is 97.1 Å². The van der Waals surface area contributed by atoms with Crippen LogP contribution in [0.3, 0.4) is 0 Å². The van der Waals surface area contributed by atoms with Crippen LogP contribution in [0.15, 0.2) is 155 Å². The van der Waals surface area contributed by atoms with E-state index in [0.29, 0.717) is 0 Å². The molecule has 0 aliphatic carbocycles. The molecule has 2 N–H and O–H groups in total. The molecule has 6 heteroatoms. The minimum absolute atomic E-state index is 0.156. The fourth-order valence-electron chi connectivity index (χ4n) is 7.16. The van der Waals surface area contributed by atoms with Crippen LogP contribution in [0.2, 0.25) is 0 Å². The van der Waals surface area contributed by atoms with Crippen LogP contribution >= 0.6 is 11.3 Å². The summed E-state index contributed by atoms with van der Waals surface area (Å²) >= 11 is 1.84. The third kappa shape index (κ3) is 4.42. The lowest BCUT2D eigenvalue weighted by molar-refractivity contribution is 0.409. The van der Waals surface area contributed by atoms with Crippen molar-refractivity contribution in [1.82, 2.24) is 15.6 Å². The number of hydrogen-bond acceptors (Lipinski definition) is 6. The van der Waals surface area contributed by atoms with Crippen molar-refractivity contribution in [3.63, 3.8) is 0 Å². The molecular weight excluding hydrogens is 609 g/mol. The number of rotatable bonds is 4. The molecule has 9 aromatic rings. The summed E-state index contributed by atoms with van der Waals surface area (Å²) in [5.74, 6) is 0.809. The molecule has 228 valence electrons. The van der Waals surface area contributed by atoms with E-state index in [0.717, 1.165) is 50.0 Å². The molecule has 0 fully saturated rings. The number of hydrogen-bond donors (Lipinski definition) is 2. The molecule has 5 nitrogen and oxygen atoms in total. The molecule has 0 amide bonds. The van der Waals surface area contributed by atoms with Crippen LogP contribution in [0.1, 0.15) is 29.0 Å². The van der Waals surface area contributed by atoms with Crippen LogP contribution in [0.25, 0.3) is 64.0 Å². The summed E-state index contributed by atoms with van der Waals surface area (Å²) in [5.41, 5.74) is 7.09. The Morgan fingerprint density at radius 1 is 0.604 bits per heavy atom. The Morgan fingerprint density at radius 2 is 1.38 bits per heavy atom. The molecule has 6 aromatic carbocycles. The third-order valence-electron chi connectivity index (χ3n) is 9.41. The summed E-state index contributed by atoms with van der Waals surface area (Å²) in [6.07, 6.45) is 3.27. The second kappa shape index (κ2) is 10.9. The number of nitrogens with zero attached hydrogens (tertiary/aromatic N) is 2. The molecule has 0 bridgehead atoms. The van der Waals surface area contributed by atoms with Gasteiger partial charge in [-0.25, -0.2) is 4.99 Å². The van der Waals surface area contributed by atoms with Gasteiger partial charge < -0.3 is 9.73 Å². The summed E-state index contributed by atoms with van der Waals surface area (Å²) in [4.78, 5) is 9.83. The molecular formula is C42H28N4OS. The maximum absolute atomic E-state index is 6.57. The van der Waals surface area contributed by atoms with Crippen molar-refractivity contribution >= 4 is 70.1 Å². The summed E-state index contributed by atoms with van der Waals surface area (Å²) in [7, 11) is 0. The molecule has 0 radical (unpaired) electrons. The zero-order chi connectivity index (χ0) is 31.6. The van der Waals surface area contributed by atoms with E-state index in [9.17, 15) is 0 Å². The SMILES string of the molecule is c1ccc(C2N=C(c3cc(-c4cccc5sc6cc7ccccc7cc6c45)cc4oc5ccncc5c34)NC(c3ccccc3)N2)cc1. The second-order valence-corrected chi connectivity index (χ2v) is 13.4. The second-order valence-electron chi connectivity index (χ2n) is 12.3. The van der Waals surface area contributed by atoms with Crippen molar-refractivity contribution in [3.05, 3.63) is 163 Å². The summed E-state index contributed by atoms with van der Waals surface area (Å²) in [6, 6.07) is 47.2. The zero-order valence-corrected chi connectivity index (χ0v) is 26.5. The van der Waals surface area contributed by atoms with Gasteiger partial charge in [0.05, 0.1) is 0 Å². The highest BCUT2D eigenvalue weighted by Gasteiger charge is 2.28. The smallest absolute Gasteiger partial charge is 0.138 e. The van der Waals surface area contributed by atoms with E-state index in [-0.39, 0.29) is 12.3 Å². The van der Waals surface area contributed by atoms with Crippen LogP contribution in [0.4, 0.5) is 0 Å². The molecule has 2 atom stereocenters. The molecule has 3 aromatic heterocycles. The number of fused-ring (bicyclic) bond motifs is 7. The van der Waals surface area contributed by atoms with Crippen LogP contribution in [0, 0.1) is 0 Å². The molecule has 1 aliphatic rings. The lowest BCUT2D eigenvalue weighted by atomic mass is 9.94. The molecule has 0 saturated heterocycles. The number of benzene rings is 6. The average molecular weight is 637 g/mol. The van der Waals surface area contributed by atoms with Gasteiger partial charge in [0.15, 0.2) is 0 Å². The number of thiophene rings is 1. The Kier molecular flexibility index (Phi) is 6.19. The van der Waals surface area contributed by atoms with E-state index in [4.69, 9.17) is 9.41 Å². The summed E-state index contributed by atoms with van der Waals surface area (Å²) in [5, 5.41) is 14.5. The normalized spacial score (nSPS) is 16.5. The molecule has 2 unspecified atom stereocenters. The largest absolute Gasteiger partial charge is 0.456 e. The van der Waals surface area contributed by atoms with Gasteiger partial charge in [0.25, 0.3) is 0 Å². The Hall–Kier alpha value is -5.82. The Morgan fingerprint density at radius 3 is 2.21 bits per heavy atom. The van der Waals surface area contributed by atoms with Gasteiger partial charge in [-0.3, -0.25) is 10.3 Å². The number of nitrogens with one attached hydrogen (secondary N) is 2. The van der Waals surface area contributed by atoms with Gasteiger partial charge >= 0.3 is 0 Å². The monoisotopic (exact) mass is 636 g/mol. The van der Waals surface area contributed by atoms with E-state index in [1.807, 2.05) is 35.7 Å². The van der Waals surface area contributed by atoms with Crippen molar-refractivity contribution in [3.8, 4) is 11.1 Å². The average Bonchev–Trinajstić information content (AvgIpc) is 3.72. The molecule has 48 heavy (non-hydrogen) atoms. The molecule has 0 spiro atoms. The molecule has 4 heterocycles. The number of aromatic nitrogens is 1. The van der Waals surface area contributed by atoms with Crippen molar-refractivity contribution in [2.45, 2.75) is 12.3 Å². The number of amidine groups is 1. The number of pyridine rings is 1.